The number of carbonyl (C=O) groups excluding carboxylic acids is 2. The summed E-state index contributed by atoms with van der Waals surface area (Å²) in [5.74, 6) is 0.0807. The Kier molecular flexibility index (Phi) is 6.04. The van der Waals surface area contributed by atoms with Gasteiger partial charge in [-0.2, -0.15) is 13.5 Å². The first-order valence-electron chi connectivity index (χ1n) is 5.67. The third-order valence-electron chi connectivity index (χ3n) is 2.79. The van der Waals surface area contributed by atoms with Gasteiger partial charge in [-0.3, -0.25) is 9.69 Å². The van der Waals surface area contributed by atoms with Crippen LogP contribution in [-0.2, 0) is 9.53 Å². The number of Topliss-reactive ketones (excluding diaryl/α,β-unsaturated/α-hetero) is 1. The highest BCUT2D eigenvalue weighted by molar-refractivity contribution is 7.59. The first kappa shape index (κ1) is 14.9. The molecule has 1 atom stereocenters. The predicted octanol–water partition coefficient (Wildman–Crippen LogP) is 0.882. The van der Waals surface area contributed by atoms with Crippen molar-refractivity contribution in [1.82, 2.24) is 4.90 Å². The molecule has 0 unspecified atom stereocenters. The Morgan fingerprint density at radius 1 is 1.39 bits per heavy atom. The second-order valence-corrected chi connectivity index (χ2v) is 4.07. The third kappa shape index (κ3) is 3.94. The van der Waals surface area contributed by atoms with Gasteiger partial charge in [0.1, 0.15) is 12.4 Å². The molecule has 0 N–H and O–H groups in total. The van der Waals surface area contributed by atoms with Gasteiger partial charge in [0.15, 0.2) is 5.78 Å². The van der Waals surface area contributed by atoms with Crippen molar-refractivity contribution in [3.05, 3.63) is 35.9 Å². The molecular weight excluding hydrogens is 250 g/mol. The van der Waals surface area contributed by atoms with E-state index in [4.69, 9.17) is 4.74 Å². The highest BCUT2D eigenvalue weighted by atomic mass is 32.1. The molecule has 1 saturated heterocycles. The molecule has 1 heterocycles. The molecule has 0 radical (unpaired) electrons. The summed E-state index contributed by atoms with van der Waals surface area (Å²) in [4.78, 5) is 24.5. The van der Waals surface area contributed by atoms with Crippen LogP contribution in [0.25, 0.3) is 0 Å². The van der Waals surface area contributed by atoms with Gasteiger partial charge in [0, 0.05) is 18.7 Å². The zero-order chi connectivity index (χ0) is 12.1. The summed E-state index contributed by atoms with van der Waals surface area (Å²) < 4.78 is 5.22. The molecule has 0 aliphatic carbocycles. The quantitative estimate of drug-likeness (QED) is 0.600. The number of aldehydes is 1. The second kappa shape index (κ2) is 7.31. The highest BCUT2D eigenvalue weighted by Gasteiger charge is 2.21. The van der Waals surface area contributed by atoms with Crippen LogP contribution in [0.5, 0.6) is 0 Å². The average Bonchev–Trinajstić information content (AvgIpc) is 2.40. The fraction of sp³-hybridized carbons (Fsp3) is 0.385. The fourth-order valence-electron chi connectivity index (χ4n) is 1.88. The lowest BCUT2D eigenvalue weighted by atomic mass is 10.1. The van der Waals surface area contributed by atoms with E-state index >= 15 is 0 Å². The topological polar surface area (TPSA) is 46.6 Å². The van der Waals surface area contributed by atoms with Crippen molar-refractivity contribution in [2.24, 2.45) is 0 Å². The van der Waals surface area contributed by atoms with Crippen molar-refractivity contribution in [2.45, 2.75) is 6.10 Å². The molecule has 18 heavy (non-hydrogen) atoms. The SMILES string of the molecule is O=C[C@@H]1CN(CC(=O)c2ccccc2)CCO1.S. The van der Waals surface area contributed by atoms with Gasteiger partial charge in [0.25, 0.3) is 0 Å². The Labute approximate surface area is 113 Å². The van der Waals surface area contributed by atoms with Crippen LogP contribution in [0.3, 0.4) is 0 Å². The first-order valence-corrected chi connectivity index (χ1v) is 5.67. The van der Waals surface area contributed by atoms with E-state index in [1.165, 1.54) is 0 Å². The van der Waals surface area contributed by atoms with Crippen LogP contribution in [-0.4, -0.2) is 49.3 Å². The molecule has 4 nitrogen and oxygen atoms in total. The van der Waals surface area contributed by atoms with Crippen LogP contribution in [0.1, 0.15) is 10.4 Å². The molecule has 0 bridgehead atoms. The zero-order valence-corrected chi connectivity index (χ0v) is 11.0. The van der Waals surface area contributed by atoms with E-state index in [1.807, 2.05) is 23.1 Å². The molecule has 5 heteroatoms. The maximum atomic E-state index is 11.9. The summed E-state index contributed by atoms with van der Waals surface area (Å²) in [5.41, 5.74) is 0.710. The minimum Gasteiger partial charge on any atom is -0.368 e. The number of morpholine rings is 1. The van der Waals surface area contributed by atoms with E-state index in [0.717, 1.165) is 6.29 Å². The monoisotopic (exact) mass is 267 g/mol. The van der Waals surface area contributed by atoms with Crippen LogP contribution in [0.2, 0.25) is 0 Å². The van der Waals surface area contributed by atoms with Crippen molar-refractivity contribution in [1.29, 1.82) is 0 Å². The first-order chi connectivity index (χ1) is 8.29. The lowest BCUT2D eigenvalue weighted by Gasteiger charge is -2.29. The largest absolute Gasteiger partial charge is 0.368 e. The summed E-state index contributed by atoms with van der Waals surface area (Å²) >= 11 is 0. The number of benzene rings is 1. The van der Waals surface area contributed by atoms with E-state index in [9.17, 15) is 9.59 Å². The number of hydrogen-bond acceptors (Lipinski definition) is 4. The molecule has 1 fully saturated rings. The maximum Gasteiger partial charge on any atom is 0.176 e. The molecule has 1 aromatic carbocycles. The van der Waals surface area contributed by atoms with Crippen molar-refractivity contribution < 1.29 is 14.3 Å². The Bertz CT molecular complexity index is 396. The van der Waals surface area contributed by atoms with Crippen molar-refractivity contribution in [3.63, 3.8) is 0 Å². The van der Waals surface area contributed by atoms with Gasteiger partial charge in [-0.05, 0) is 0 Å². The Balaban J connectivity index is 0.00000162. The van der Waals surface area contributed by atoms with Gasteiger partial charge in [-0.15, -0.1) is 0 Å². The number of nitrogens with zero attached hydrogens (tertiary/aromatic N) is 1. The Hall–Kier alpha value is -1.17. The van der Waals surface area contributed by atoms with Crippen molar-refractivity contribution in [2.75, 3.05) is 26.2 Å². The lowest BCUT2D eigenvalue weighted by molar-refractivity contribution is -0.123. The van der Waals surface area contributed by atoms with Crippen LogP contribution >= 0.6 is 13.5 Å². The van der Waals surface area contributed by atoms with E-state index in [2.05, 4.69) is 0 Å². The van der Waals surface area contributed by atoms with Gasteiger partial charge < -0.3 is 9.53 Å². The summed E-state index contributed by atoms with van der Waals surface area (Å²) in [6.07, 6.45) is 0.395. The van der Waals surface area contributed by atoms with Gasteiger partial charge in [0.05, 0.1) is 13.2 Å². The molecule has 2 rings (SSSR count). The predicted molar refractivity (Wildman–Crippen MR) is 73.4 cm³/mol. The van der Waals surface area contributed by atoms with E-state index in [-0.39, 0.29) is 19.3 Å². The van der Waals surface area contributed by atoms with Crippen LogP contribution in [0.4, 0.5) is 0 Å². The average molecular weight is 267 g/mol. The van der Waals surface area contributed by atoms with Gasteiger partial charge in [-0.1, -0.05) is 30.3 Å². The molecule has 0 aromatic heterocycles. The second-order valence-electron chi connectivity index (χ2n) is 4.07. The molecular formula is C13H17NO3S. The summed E-state index contributed by atoms with van der Waals surface area (Å²) in [5, 5.41) is 0. The summed E-state index contributed by atoms with van der Waals surface area (Å²) in [6, 6.07) is 9.19. The number of hydrogen-bond donors (Lipinski definition) is 0. The molecule has 98 valence electrons. The van der Waals surface area contributed by atoms with E-state index in [1.54, 1.807) is 12.1 Å². The molecule has 0 amide bonds. The smallest absolute Gasteiger partial charge is 0.176 e. The molecule has 0 spiro atoms. The normalized spacial score (nSPS) is 19.9. The molecule has 1 aromatic rings. The van der Waals surface area contributed by atoms with Gasteiger partial charge >= 0.3 is 0 Å². The number of carbonyl (C=O) groups is 2. The van der Waals surface area contributed by atoms with Crippen molar-refractivity contribution in [3.8, 4) is 0 Å². The standard InChI is InChI=1S/C13H15NO3.H2S/c15-10-12-8-14(6-7-17-12)9-13(16)11-4-2-1-3-5-11;/h1-5,10,12H,6-9H2;1H2/t12-;/m0./s1. The molecule has 1 aliphatic rings. The van der Waals surface area contributed by atoms with Gasteiger partial charge in [-0.25, -0.2) is 0 Å². The Morgan fingerprint density at radius 3 is 2.78 bits per heavy atom. The minimum atomic E-state index is -0.396. The third-order valence-corrected chi connectivity index (χ3v) is 2.79. The van der Waals surface area contributed by atoms with E-state index < -0.39 is 6.10 Å². The lowest BCUT2D eigenvalue weighted by Crippen LogP contribution is -2.45. The van der Waals surface area contributed by atoms with Crippen LogP contribution in [0.15, 0.2) is 30.3 Å². The van der Waals surface area contributed by atoms with Crippen LogP contribution < -0.4 is 0 Å². The maximum absolute atomic E-state index is 11.9. The summed E-state index contributed by atoms with van der Waals surface area (Å²) in [6.45, 7) is 2.05. The number of rotatable bonds is 4. The number of ketones is 1. The summed E-state index contributed by atoms with van der Waals surface area (Å²) in [7, 11) is 0. The highest BCUT2D eigenvalue weighted by Crippen LogP contribution is 2.06. The molecule has 0 saturated carbocycles. The minimum absolute atomic E-state index is 0. The molecule has 1 aliphatic heterocycles. The Morgan fingerprint density at radius 2 is 2.11 bits per heavy atom. The number of ether oxygens (including phenoxy) is 1. The zero-order valence-electron chi connectivity index (χ0n) is 10.0. The van der Waals surface area contributed by atoms with E-state index in [0.29, 0.717) is 31.8 Å². The fourth-order valence-corrected chi connectivity index (χ4v) is 1.88. The van der Waals surface area contributed by atoms with Gasteiger partial charge in [0.2, 0.25) is 0 Å². The van der Waals surface area contributed by atoms with Crippen molar-refractivity contribution >= 4 is 25.6 Å². The van der Waals surface area contributed by atoms with Crippen LogP contribution in [0, 0.1) is 0 Å².